The average Bonchev–Trinajstić information content (AvgIpc) is 3.23. The van der Waals surface area contributed by atoms with E-state index in [-0.39, 0.29) is 48.1 Å². The fraction of sp³-hybridized carbons (Fsp3) is 0.143. The van der Waals surface area contributed by atoms with Crippen LogP contribution in [0.5, 0.6) is 5.75 Å². The lowest BCUT2D eigenvalue weighted by atomic mass is 10.1. The number of aromatic nitrogens is 3. The van der Waals surface area contributed by atoms with Crippen LogP contribution in [0, 0.1) is 0 Å². The van der Waals surface area contributed by atoms with Gasteiger partial charge in [-0.1, -0.05) is 54.6 Å². The van der Waals surface area contributed by atoms with E-state index in [4.69, 9.17) is 4.74 Å². The zero-order valence-corrected chi connectivity index (χ0v) is 21.1. The zero-order chi connectivity index (χ0) is 25.2. The van der Waals surface area contributed by atoms with E-state index in [1.54, 1.807) is 54.2 Å². The number of amides is 1. The van der Waals surface area contributed by atoms with Gasteiger partial charge in [0.2, 0.25) is 0 Å². The monoisotopic (exact) mass is 516 g/mol. The van der Waals surface area contributed by atoms with Gasteiger partial charge in [0.1, 0.15) is 5.39 Å². The van der Waals surface area contributed by atoms with Gasteiger partial charge in [0.25, 0.3) is 11.5 Å². The highest BCUT2D eigenvalue weighted by Crippen LogP contribution is 2.34. The molecule has 8 nitrogen and oxygen atoms in total. The minimum atomic E-state index is -0.399. The lowest BCUT2D eigenvalue weighted by Crippen LogP contribution is -2.25. The number of Topliss-reactive ketones (excluding diaryl/α,β-unsaturated/α-hetero) is 1. The summed E-state index contributed by atoms with van der Waals surface area (Å²) in [4.78, 5) is 44.4. The molecule has 0 fully saturated rings. The predicted octanol–water partition coefficient (Wildman–Crippen LogP) is 4.13. The Morgan fingerprint density at radius 2 is 1.68 bits per heavy atom. The van der Waals surface area contributed by atoms with Gasteiger partial charge < -0.3 is 14.6 Å². The third-order valence-corrected chi connectivity index (χ3v) is 6.23. The Bertz CT molecular complexity index is 1660. The predicted molar refractivity (Wildman–Crippen MR) is 145 cm³/mol. The molecule has 1 N–H and O–H groups in total. The van der Waals surface area contributed by atoms with Gasteiger partial charge in [-0.05, 0) is 18.2 Å². The van der Waals surface area contributed by atoms with Crippen LogP contribution >= 0.6 is 12.4 Å². The summed E-state index contributed by atoms with van der Waals surface area (Å²) in [6.45, 7) is 0.0828. The van der Waals surface area contributed by atoms with Crippen LogP contribution < -0.4 is 15.6 Å². The molecule has 0 atom stereocenters. The molecule has 1 amide bonds. The number of nitrogens with one attached hydrogen (secondary N) is 1. The van der Waals surface area contributed by atoms with Crippen LogP contribution in [0.1, 0.15) is 26.5 Å². The fourth-order valence-corrected chi connectivity index (χ4v) is 4.55. The summed E-state index contributed by atoms with van der Waals surface area (Å²) < 4.78 is 8.76. The van der Waals surface area contributed by atoms with Gasteiger partial charge in [-0.25, -0.2) is 0 Å². The van der Waals surface area contributed by atoms with Gasteiger partial charge in [-0.3, -0.25) is 23.9 Å². The van der Waals surface area contributed by atoms with Gasteiger partial charge >= 0.3 is 0 Å². The third-order valence-electron chi connectivity index (χ3n) is 6.23. The molecule has 0 saturated heterocycles. The van der Waals surface area contributed by atoms with Crippen molar-refractivity contribution < 1.29 is 14.3 Å². The second kappa shape index (κ2) is 10.7. The van der Waals surface area contributed by atoms with E-state index < -0.39 is 11.5 Å². The molecular weight excluding hydrogens is 492 g/mol. The second-order valence-corrected chi connectivity index (χ2v) is 8.37. The number of pyridine rings is 2. The molecule has 188 valence electrons. The average molecular weight is 517 g/mol. The Hall–Kier alpha value is -4.43. The first-order valence-corrected chi connectivity index (χ1v) is 11.5. The molecule has 37 heavy (non-hydrogen) atoms. The van der Waals surface area contributed by atoms with E-state index in [1.165, 1.54) is 11.7 Å². The van der Waals surface area contributed by atoms with Crippen LogP contribution in [0.2, 0.25) is 0 Å². The number of ether oxygens (including phenoxy) is 1. The number of hydrogen-bond acceptors (Lipinski definition) is 5. The smallest absolute Gasteiger partial charge is 0.272 e. The highest BCUT2D eigenvalue weighted by atomic mass is 35.5. The van der Waals surface area contributed by atoms with E-state index in [1.807, 2.05) is 36.4 Å². The normalized spacial score (nSPS) is 10.8. The highest BCUT2D eigenvalue weighted by Gasteiger charge is 2.27. The molecule has 0 aliphatic rings. The van der Waals surface area contributed by atoms with E-state index in [9.17, 15) is 14.4 Å². The largest absolute Gasteiger partial charge is 0.493 e. The maximum absolute atomic E-state index is 13.8. The maximum atomic E-state index is 13.8. The first-order valence-electron chi connectivity index (χ1n) is 11.5. The summed E-state index contributed by atoms with van der Waals surface area (Å²) in [5, 5.41) is 3.85. The quantitative estimate of drug-likeness (QED) is 0.328. The lowest BCUT2D eigenvalue weighted by Gasteiger charge is -2.12. The van der Waals surface area contributed by atoms with Crippen molar-refractivity contribution in [1.29, 1.82) is 0 Å². The Kier molecular flexibility index (Phi) is 7.40. The number of halogens is 1. The van der Waals surface area contributed by atoms with Crippen molar-refractivity contribution in [2.45, 2.75) is 13.1 Å². The molecule has 3 heterocycles. The molecule has 5 rings (SSSR count). The Labute approximate surface area is 218 Å². The number of rotatable bonds is 7. The minimum Gasteiger partial charge on any atom is -0.493 e. The molecule has 0 unspecified atom stereocenters. The van der Waals surface area contributed by atoms with Crippen LogP contribution in [0.15, 0.2) is 83.8 Å². The number of ketones is 1. The minimum absolute atomic E-state index is 0. The first kappa shape index (κ1) is 25.7. The summed E-state index contributed by atoms with van der Waals surface area (Å²) >= 11 is 0. The molecule has 0 radical (unpaired) electrons. The van der Waals surface area contributed by atoms with Crippen molar-refractivity contribution in [3.63, 3.8) is 0 Å². The molecular formula is C28H25ClN4O4. The SMILES string of the molecule is COc1c(C(=O)NCc2ccccn2)n(C)c2c1c(=O)n(CC(=O)c1ccccc1)c1ccccc21.Cl. The molecule has 0 saturated carbocycles. The first-order chi connectivity index (χ1) is 17.5. The molecule has 0 spiro atoms. The van der Waals surface area contributed by atoms with E-state index in [2.05, 4.69) is 10.3 Å². The summed E-state index contributed by atoms with van der Waals surface area (Å²) in [6, 6.07) is 21.7. The molecule has 2 aromatic carbocycles. The number of hydrogen-bond donors (Lipinski definition) is 1. The van der Waals surface area contributed by atoms with Gasteiger partial charge in [0.05, 0.1) is 36.9 Å². The number of methoxy groups -OCH3 is 1. The van der Waals surface area contributed by atoms with Gasteiger partial charge in [-0.15, -0.1) is 12.4 Å². The van der Waals surface area contributed by atoms with E-state index in [0.29, 0.717) is 22.3 Å². The van der Waals surface area contributed by atoms with Gasteiger partial charge in [0.15, 0.2) is 17.2 Å². The second-order valence-electron chi connectivity index (χ2n) is 8.37. The number of para-hydroxylation sites is 1. The van der Waals surface area contributed by atoms with Crippen LogP contribution in [-0.2, 0) is 20.1 Å². The Morgan fingerprint density at radius 1 is 0.973 bits per heavy atom. The highest BCUT2D eigenvalue weighted by molar-refractivity contribution is 6.12. The van der Waals surface area contributed by atoms with Crippen molar-refractivity contribution >= 4 is 45.9 Å². The van der Waals surface area contributed by atoms with Crippen LogP contribution in [0.3, 0.4) is 0 Å². The van der Waals surface area contributed by atoms with Crippen molar-refractivity contribution in [3.8, 4) is 5.75 Å². The number of nitrogens with zero attached hydrogens (tertiary/aromatic N) is 3. The topological polar surface area (TPSA) is 95.2 Å². The number of aryl methyl sites for hydroxylation is 1. The maximum Gasteiger partial charge on any atom is 0.272 e. The number of carbonyl (C=O) groups excluding carboxylic acids is 2. The zero-order valence-electron chi connectivity index (χ0n) is 20.3. The number of benzene rings is 2. The Balaban J connectivity index is 0.00000320. The van der Waals surface area contributed by atoms with E-state index >= 15 is 0 Å². The third kappa shape index (κ3) is 4.59. The fourth-order valence-electron chi connectivity index (χ4n) is 4.55. The Morgan fingerprint density at radius 3 is 2.38 bits per heavy atom. The summed E-state index contributed by atoms with van der Waals surface area (Å²) in [5.74, 6) is -0.417. The summed E-state index contributed by atoms with van der Waals surface area (Å²) in [6.07, 6.45) is 1.66. The molecule has 9 heteroatoms. The summed E-state index contributed by atoms with van der Waals surface area (Å²) in [5.41, 5.74) is 2.21. The lowest BCUT2D eigenvalue weighted by molar-refractivity contribution is 0.0937. The molecule has 3 aromatic heterocycles. The van der Waals surface area contributed by atoms with Crippen molar-refractivity contribution in [1.82, 2.24) is 19.4 Å². The van der Waals surface area contributed by atoms with Crippen LogP contribution in [0.25, 0.3) is 21.8 Å². The summed E-state index contributed by atoms with van der Waals surface area (Å²) in [7, 11) is 3.16. The van der Waals surface area contributed by atoms with Crippen LogP contribution in [0.4, 0.5) is 0 Å². The van der Waals surface area contributed by atoms with Gasteiger partial charge in [-0.2, -0.15) is 0 Å². The number of fused-ring (bicyclic) bond motifs is 3. The van der Waals surface area contributed by atoms with E-state index in [0.717, 1.165) is 5.39 Å². The van der Waals surface area contributed by atoms with Crippen molar-refractivity contribution in [2.75, 3.05) is 7.11 Å². The molecule has 0 aliphatic heterocycles. The molecule has 0 bridgehead atoms. The number of carbonyl (C=O) groups is 2. The molecule has 0 aliphatic carbocycles. The van der Waals surface area contributed by atoms with Gasteiger partial charge in [0, 0.05) is 24.2 Å². The molecule has 5 aromatic rings. The standard InChI is InChI=1S/C28H24N4O4.ClH/c1-31-24-20-13-6-7-14-21(20)32(17-22(33)18-10-4-3-5-11-18)28(35)23(24)26(36-2)25(31)27(34)30-16-19-12-8-9-15-29-19;/h3-15H,16-17H2,1-2H3,(H,30,34);1H. The van der Waals surface area contributed by atoms with Crippen molar-refractivity contribution in [3.05, 3.63) is 106 Å². The van der Waals surface area contributed by atoms with Crippen molar-refractivity contribution in [2.24, 2.45) is 7.05 Å². The van der Waals surface area contributed by atoms with Crippen LogP contribution in [-0.4, -0.2) is 32.9 Å².